The largest absolute Gasteiger partial charge is 0.337 e. The second kappa shape index (κ2) is 10.4. The van der Waals surface area contributed by atoms with Crippen LogP contribution >= 0.6 is 58.5 Å². The number of carbonyl (C=O) groups excluding carboxylic acids is 1. The van der Waals surface area contributed by atoms with Crippen LogP contribution in [0.3, 0.4) is 0 Å². The monoisotopic (exact) mass is 566 g/mol. The van der Waals surface area contributed by atoms with E-state index in [9.17, 15) is 9.18 Å². The number of benzene rings is 2. The van der Waals surface area contributed by atoms with E-state index < -0.39 is 5.82 Å². The lowest BCUT2D eigenvalue weighted by molar-refractivity contribution is -0.116. The van der Waals surface area contributed by atoms with Gasteiger partial charge >= 0.3 is 0 Å². The highest BCUT2D eigenvalue weighted by Gasteiger charge is 2.22. The van der Waals surface area contributed by atoms with Crippen molar-refractivity contribution in [2.45, 2.75) is 23.7 Å². The zero-order valence-corrected chi connectivity index (χ0v) is 21.9. The van der Waals surface area contributed by atoms with Crippen LogP contribution < -0.4 is 10.6 Å². The number of fused-ring (bicyclic) bond motifs is 1. The van der Waals surface area contributed by atoms with E-state index in [0.29, 0.717) is 26.4 Å². The highest BCUT2D eigenvalue weighted by Crippen LogP contribution is 2.36. The number of halogens is 3. The van der Waals surface area contributed by atoms with Gasteiger partial charge in [0.15, 0.2) is 8.29 Å². The molecule has 7 nitrogen and oxygen atoms in total. The van der Waals surface area contributed by atoms with Gasteiger partial charge in [-0.15, -0.1) is 0 Å². The molecule has 0 bridgehead atoms. The van der Waals surface area contributed by atoms with Gasteiger partial charge in [-0.25, -0.2) is 19.0 Å². The summed E-state index contributed by atoms with van der Waals surface area (Å²) in [4.78, 5) is 21.2. The molecule has 0 unspecified atom stereocenters. The smallest absolute Gasteiger partial charge is 0.246 e. The number of carbonyl (C=O) groups is 1. The Morgan fingerprint density at radius 3 is 2.83 bits per heavy atom. The zero-order valence-electron chi connectivity index (χ0n) is 17.9. The highest BCUT2D eigenvalue weighted by atomic mass is 35.5. The Hall–Kier alpha value is -2.31. The Kier molecular flexibility index (Phi) is 7.21. The normalized spacial score (nSPS) is 13.2. The molecule has 1 aliphatic carbocycles. The topological polar surface area (TPSA) is 84.7 Å². The van der Waals surface area contributed by atoms with Crippen molar-refractivity contribution in [1.29, 1.82) is 0 Å². The molecule has 5 rings (SSSR count). The maximum Gasteiger partial charge on any atom is 0.246 e. The van der Waals surface area contributed by atoms with Crippen LogP contribution in [0.5, 0.6) is 0 Å². The summed E-state index contributed by atoms with van der Waals surface area (Å²) in [6.45, 7) is 0.00222. The summed E-state index contributed by atoms with van der Waals surface area (Å²) in [7, 11) is 0. The zero-order chi connectivity index (χ0) is 24.5. The standard InChI is InChI=1S/C22H17Cl2FN6OS3/c23-14-6-16(25)18(7-15(14)24)29-20-13-5-12(3-4-17(13)26-10-27-20)28-19(32)8-31-22(33)35-21(30-31)34-9-11-1-2-11/h3-7,10-11H,1-2,8-9H2,(H,28,32)(H,26,27,29). The molecule has 180 valence electrons. The molecule has 1 amide bonds. The van der Waals surface area contributed by atoms with Crippen molar-refractivity contribution in [2.75, 3.05) is 16.4 Å². The quantitative estimate of drug-likeness (QED) is 0.135. The summed E-state index contributed by atoms with van der Waals surface area (Å²) in [6.07, 6.45) is 3.91. The predicted octanol–water partition coefficient (Wildman–Crippen LogP) is 6.95. The second-order valence-corrected chi connectivity index (χ2v) is 11.6. The van der Waals surface area contributed by atoms with Crippen LogP contribution in [0.25, 0.3) is 10.9 Å². The number of hydrogen-bond donors (Lipinski definition) is 2. The molecular formula is C22H17Cl2FN6OS3. The minimum atomic E-state index is -0.578. The van der Waals surface area contributed by atoms with Crippen LogP contribution in [0, 0.1) is 15.7 Å². The van der Waals surface area contributed by atoms with E-state index in [0.717, 1.165) is 22.1 Å². The summed E-state index contributed by atoms with van der Waals surface area (Å²) >= 11 is 20.4. The van der Waals surface area contributed by atoms with Crippen LogP contribution in [-0.4, -0.2) is 31.4 Å². The van der Waals surface area contributed by atoms with Crippen LogP contribution in [-0.2, 0) is 11.3 Å². The van der Waals surface area contributed by atoms with Gasteiger partial charge in [0, 0.05) is 16.8 Å². The van der Waals surface area contributed by atoms with Crippen LogP contribution in [0.1, 0.15) is 12.8 Å². The first-order chi connectivity index (χ1) is 16.9. The lowest BCUT2D eigenvalue weighted by Crippen LogP contribution is -2.19. The third-order valence-electron chi connectivity index (χ3n) is 5.20. The van der Waals surface area contributed by atoms with Crippen LogP contribution in [0.15, 0.2) is 41.0 Å². The number of thioether (sulfide) groups is 1. The van der Waals surface area contributed by atoms with Crippen molar-refractivity contribution < 1.29 is 9.18 Å². The lowest BCUT2D eigenvalue weighted by Gasteiger charge is -2.12. The molecule has 2 aromatic heterocycles. The van der Waals surface area contributed by atoms with E-state index in [4.69, 9.17) is 35.4 Å². The summed E-state index contributed by atoms with van der Waals surface area (Å²) in [5.74, 6) is 1.31. The Balaban J connectivity index is 1.32. The molecule has 1 saturated carbocycles. The summed E-state index contributed by atoms with van der Waals surface area (Å²) in [6, 6.07) is 7.69. The molecule has 0 radical (unpaired) electrons. The molecular weight excluding hydrogens is 550 g/mol. The minimum Gasteiger partial charge on any atom is -0.337 e. The molecule has 2 aromatic carbocycles. The molecule has 1 fully saturated rings. The maximum absolute atomic E-state index is 14.4. The molecule has 0 aliphatic heterocycles. The van der Waals surface area contributed by atoms with E-state index in [1.54, 1.807) is 30.0 Å². The molecule has 0 saturated heterocycles. The third-order valence-corrected chi connectivity index (χ3v) is 8.60. The van der Waals surface area contributed by atoms with Gasteiger partial charge in [0.05, 0.1) is 21.2 Å². The molecule has 35 heavy (non-hydrogen) atoms. The molecule has 1 aliphatic rings. The summed E-state index contributed by atoms with van der Waals surface area (Å²) in [5.41, 5.74) is 1.25. The number of nitrogens with one attached hydrogen (secondary N) is 2. The summed E-state index contributed by atoms with van der Waals surface area (Å²) < 4.78 is 17.3. The Morgan fingerprint density at radius 1 is 1.23 bits per heavy atom. The van der Waals surface area contributed by atoms with Crippen molar-refractivity contribution in [2.24, 2.45) is 5.92 Å². The molecule has 2 heterocycles. The van der Waals surface area contributed by atoms with Gasteiger partial charge in [-0.3, -0.25) is 4.79 Å². The molecule has 2 N–H and O–H groups in total. The molecule has 0 spiro atoms. The first kappa shape index (κ1) is 24.4. The average molecular weight is 568 g/mol. The van der Waals surface area contributed by atoms with Crippen molar-refractivity contribution in [1.82, 2.24) is 19.7 Å². The van der Waals surface area contributed by atoms with Crippen molar-refractivity contribution in [3.05, 3.63) is 56.5 Å². The first-order valence-corrected chi connectivity index (χ1v) is 13.5. The third kappa shape index (κ3) is 5.92. The van der Waals surface area contributed by atoms with E-state index in [1.165, 1.54) is 41.3 Å². The molecule has 13 heteroatoms. The van der Waals surface area contributed by atoms with E-state index in [-0.39, 0.29) is 28.2 Å². The molecule has 0 atom stereocenters. The molecule has 4 aromatic rings. The Morgan fingerprint density at radius 2 is 2.03 bits per heavy atom. The number of rotatable bonds is 8. The average Bonchev–Trinajstić information content (AvgIpc) is 3.59. The number of hydrogen-bond acceptors (Lipinski definition) is 8. The Labute approximate surface area is 223 Å². The number of aromatic nitrogens is 4. The van der Waals surface area contributed by atoms with Gasteiger partial charge in [-0.05, 0) is 61.3 Å². The van der Waals surface area contributed by atoms with E-state index >= 15 is 0 Å². The van der Waals surface area contributed by atoms with Crippen LogP contribution in [0.2, 0.25) is 10.0 Å². The van der Waals surface area contributed by atoms with Crippen molar-refractivity contribution in [3.8, 4) is 0 Å². The van der Waals surface area contributed by atoms with E-state index in [2.05, 4.69) is 25.7 Å². The van der Waals surface area contributed by atoms with Gasteiger partial charge in [-0.2, -0.15) is 5.10 Å². The highest BCUT2D eigenvalue weighted by molar-refractivity contribution is 8.01. The summed E-state index contributed by atoms with van der Waals surface area (Å²) in [5, 5.41) is 11.2. The first-order valence-electron chi connectivity index (χ1n) is 10.5. The number of anilines is 3. The maximum atomic E-state index is 14.4. The SMILES string of the molecule is O=C(Cn1nc(SCC2CC2)sc1=S)Nc1ccc2ncnc(Nc3cc(Cl)c(Cl)cc3F)c2c1. The fourth-order valence-corrected chi connectivity index (χ4v) is 6.09. The fraction of sp³-hybridized carbons (Fsp3) is 0.227. The van der Waals surface area contributed by atoms with Gasteiger partial charge in [0.25, 0.3) is 0 Å². The predicted molar refractivity (Wildman–Crippen MR) is 142 cm³/mol. The number of amides is 1. The second-order valence-electron chi connectivity index (χ2n) is 7.92. The minimum absolute atomic E-state index is 0.00222. The van der Waals surface area contributed by atoms with Gasteiger partial charge in [-0.1, -0.05) is 46.3 Å². The number of nitrogens with zero attached hydrogens (tertiary/aromatic N) is 4. The fourth-order valence-electron chi connectivity index (χ4n) is 3.24. The van der Waals surface area contributed by atoms with Crippen LogP contribution in [0.4, 0.5) is 21.6 Å². The lowest BCUT2D eigenvalue weighted by atomic mass is 10.2. The van der Waals surface area contributed by atoms with Crippen molar-refractivity contribution in [3.63, 3.8) is 0 Å². The van der Waals surface area contributed by atoms with Crippen molar-refractivity contribution >= 4 is 92.5 Å². The van der Waals surface area contributed by atoms with Gasteiger partial charge in [0.2, 0.25) is 5.91 Å². The van der Waals surface area contributed by atoms with Gasteiger partial charge < -0.3 is 10.6 Å². The Bertz CT molecular complexity index is 1490. The van der Waals surface area contributed by atoms with Gasteiger partial charge in [0.1, 0.15) is 24.5 Å². The van der Waals surface area contributed by atoms with E-state index in [1.807, 2.05) is 0 Å².